The molecule has 7 heteroatoms. The molecule has 2 fully saturated rings. The van der Waals surface area contributed by atoms with Crippen LogP contribution in [0.3, 0.4) is 0 Å². The van der Waals surface area contributed by atoms with E-state index < -0.39 is 0 Å². The zero-order chi connectivity index (χ0) is 20.6. The minimum atomic E-state index is -0.0235. The van der Waals surface area contributed by atoms with Gasteiger partial charge in [-0.15, -0.1) is 0 Å². The third-order valence-electron chi connectivity index (χ3n) is 5.99. The lowest BCUT2D eigenvalue weighted by molar-refractivity contribution is -0.135. The molecular formula is C22H34ClN5O. The Kier molecular flexibility index (Phi) is 8.19. The van der Waals surface area contributed by atoms with Gasteiger partial charge in [-0.2, -0.15) is 0 Å². The van der Waals surface area contributed by atoms with E-state index in [0.29, 0.717) is 5.91 Å². The Morgan fingerprint density at radius 3 is 2.34 bits per heavy atom. The van der Waals surface area contributed by atoms with Gasteiger partial charge < -0.3 is 15.1 Å². The largest absolute Gasteiger partial charge is 0.356 e. The maximum Gasteiger partial charge on any atom is 0.239 e. The molecule has 0 radical (unpaired) electrons. The Morgan fingerprint density at radius 2 is 1.72 bits per heavy atom. The predicted molar refractivity (Wildman–Crippen MR) is 120 cm³/mol. The van der Waals surface area contributed by atoms with Crippen molar-refractivity contribution < 1.29 is 4.79 Å². The maximum absolute atomic E-state index is 12.7. The fourth-order valence-corrected chi connectivity index (χ4v) is 4.28. The van der Waals surface area contributed by atoms with Crippen LogP contribution in [0.2, 0.25) is 5.02 Å². The smallest absolute Gasteiger partial charge is 0.239 e. The van der Waals surface area contributed by atoms with Gasteiger partial charge in [-0.1, -0.05) is 23.7 Å². The van der Waals surface area contributed by atoms with E-state index in [1.165, 1.54) is 5.56 Å². The highest BCUT2D eigenvalue weighted by molar-refractivity contribution is 6.30. The first-order chi connectivity index (χ1) is 14.1. The number of carbonyl (C=O) groups excluding carboxylic acids is 1. The molecule has 1 aromatic rings. The van der Waals surface area contributed by atoms with Gasteiger partial charge in [0.1, 0.15) is 0 Å². The molecule has 0 saturated carbocycles. The van der Waals surface area contributed by atoms with Gasteiger partial charge in [0.05, 0.1) is 6.04 Å². The molecule has 1 unspecified atom stereocenters. The van der Waals surface area contributed by atoms with Gasteiger partial charge >= 0.3 is 0 Å². The minimum absolute atomic E-state index is 0.0235. The molecule has 2 aliphatic rings. The normalized spacial score (nSPS) is 19.5. The van der Waals surface area contributed by atoms with Gasteiger partial charge in [0.25, 0.3) is 0 Å². The second-order valence-corrected chi connectivity index (χ2v) is 8.37. The fourth-order valence-electron chi connectivity index (χ4n) is 4.16. The van der Waals surface area contributed by atoms with Gasteiger partial charge in [0, 0.05) is 57.9 Å². The molecule has 6 nitrogen and oxygen atoms in total. The number of likely N-dealkylation sites (tertiary alicyclic amines) is 1. The van der Waals surface area contributed by atoms with Crippen molar-refractivity contribution in [1.82, 2.24) is 20.0 Å². The Hall–Kier alpha value is -1.79. The van der Waals surface area contributed by atoms with Crippen LogP contribution in [0.15, 0.2) is 29.3 Å². The average Bonchev–Trinajstić information content (AvgIpc) is 3.29. The van der Waals surface area contributed by atoms with Gasteiger partial charge in [0.15, 0.2) is 5.96 Å². The van der Waals surface area contributed by atoms with E-state index in [1.54, 1.807) is 0 Å². The SMILES string of the molecule is CN=C(NCCCc1ccc(Cl)cc1)N1CCN(C(C)C(=O)N2CCCC2)CC1. The molecule has 2 heterocycles. The standard InChI is InChI=1S/C22H34ClN5O/c1-18(21(29)27-12-3-4-13-27)26-14-16-28(17-15-26)22(24-2)25-11-5-6-19-7-9-20(23)10-8-19/h7-10,18H,3-6,11-17H2,1-2H3,(H,24,25). The molecule has 1 aromatic carbocycles. The summed E-state index contributed by atoms with van der Waals surface area (Å²) < 4.78 is 0. The Bertz CT molecular complexity index is 679. The summed E-state index contributed by atoms with van der Waals surface area (Å²) in [7, 11) is 1.84. The summed E-state index contributed by atoms with van der Waals surface area (Å²) in [6, 6.07) is 8.03. The number of carbonyl (C=O) groups is 1. The Balaban J connectivity index is 1.39. The number of nitrogens with one attached hydrogen (secondary N) is 1. The van der Waals surface area contributed by atoms with Gasteiger partial charge in [-0.3, -0.25) is 14.7 Å². The van der Waals surface area contributed by atoms with E-state index >= 15 is 0 Å². The summed E-state index contributed by atoms with van der Waals surface area (Å²) in [4.78, 5) is 23.7. The zero-order valence-corrected chi connectivity index (χ0v) is 18.5. The molecular weight excluding hydrogens is 386 g/mol. The third kappa shape index (κ3) is 6.09. The van der Waals surface area contributed by atoms with Crippen LogP contribution in [0, 0.1) is 0 Å². The van der Waals surface area contributed by atoms with E-state index in [0.717, 1.165) is 82.5 Å². The van der Waals surface area contributed by atoms with Crippen molar-refractivity contribution in [2.75, 3.05) is 52.9 Å². The molecule has 0 aromatic heterocycles. The van der Waals surface area contributed by atoms with Crippen molar-refractivity contribution in [3.05, 3.63) is 34.9 Å². The number of hydrogen-bond acceptors (Lipinski definition) is 3. The monoisotopic (exact) mass is 419 g/mol. The molecule has 29 heavy (non-hydrogen) atoms. The second kappa shape index (κ2) is 10.8. The number of amides is 1. The summed E-state index contributed by atoms with van der Waals surface area (Å²) in [5, 5.41) is 4.27. The quantitative estimate of drug-likeness (QED) is 0.437. The highest BCUT2D eigenvalue weighted by atomic mass is 35.5. The van der Waals surface area contributed by atoms with E-state index in [4.69, 9.17) is 11.6 Å². The van der Waals surface area contributed by atoms with Gasteiger partial charge in [0.2, 0.25) is 5.91 Å². The number of nitrogens with zero attached hydrogens (tertiary/aromatic N) is 4. The highest BCUT2D eigenvalue weighted by Crippen LogP contribution is 2.14. The average molecular weight is 420 g/mol. The lowest BCUT2D eigenvalue weighted by atomic mass is 10.1. The maximum atomic E-state index is 12.7. The van der Waals surface area contributed by atoms with Crippen LogP contribution in [-0.2, 0) is 11.2 Å². The molecule has 1 N–H and O–H groups in total. The van der Waals surface area contributed by atoms with E-state index in [9.17, 15) is 4.79 Å². The van der Waals surface area contributed by atoms with Crippen LogP contribution in [0.25, 0.3) is 0 Å². The molecule has 2 aliphatic heterocycles. The number of hydrogen-bond donors (Lipinski definition) is 1. The van der Waals surface area contributed by atoms with E-state index in [2.05, 4.69) is 39.2 Å². The van der Waals surface area contributed by atoms with E-state index in [-0.39, 0.29) is 6.04 Å². The molecule has 0 aliphatic carbocycles. The highest BCUT2D eigenvalue weighted by Gasteiger charge is 2.30. The Labute approximate surface area is 179 Å². The first-order valence-electron chi connectivity index (χ1n) is 10.8. The topological polar surface area (TPSA) is 51.2 Å². The molecule has 160 valence electrons. The predicted octanol–water partition coefficient (Wildman–Crippen LogP) is 2.48. The summed E-state index contributed by atoms with van der Waals surface area (Å²) in [6.45, 7) is 8.38. The molecule has 2 saturated heterocycles. The molecule has 0 bridgehead atoms. The number of guanidine groups is 1. The van der Waals surface area contributed by atoms with Gasteiger partial charge in [-0.05, 0) is 50.3 Å². The number of aryl methyl sites for hydroxylation is 1. The minimum Gasteiger partial charge on any atom is -0.356 e. The summed E-state index contributed by atoms with van der Waals surface area (Å²) in [5.74, 6) is 1.25. The van der Waals surface area contributed by atoms with Crippen LogP contribution >= 0.6 is 11.6 Å². The number of aliphatic imine (C=N–C) groups is 1. The van der Waals surface area contributed by atoms with Crippen molar-refractivity contribution >= 4 is 23.5 Å². The first kappa shape index (κ1) is 21.9. The van der Waals surface area contributed by atoms with Crippen LogP contribution in [0.1, 0.15) is 31.7 Å². The summed E-state index contributed by atoms with van der Waals surface area (Å²) in [5.41, 5.74) is 1.30. The molecule has 1 atom stereocenters. The van der Waals surface area contributed by atoms with Crippen molar-refractivity contribution in [3.63, 3.8) is 0 Å². The molecule has 0 spiro atoms. The second-order valence-electron chi connectivity index (χ2n) is 7.94. The van der Waals surface area contributed by atoms with Gasteiger partial charge in [-0.25, -0.2) is 0 Å². The number of benzene rings is 1. The van der Waals surface area contributed by atoms with Crippen LogP contribution in [0.4, 0.5) is 0 Å². The fraction of sp³-hybridized carbons (Fsp3) is 0.636. The van der Waals surface area contributed by atoms with Crippen molar-refractivity contribution in [1.29, 1.82) is 0 Å². The lowest BCUT2D eigenvalue weighted by Gasteiger charge is -2.39. The zero-order valence-electron chi connectivity index (χ0n) is 17.7. The number of piperazine rings is 1. The van der Waals surface area contributed by atoms with Crippen LogP contribution in [-0.4, -0.2) is 85.5 Å². The van der Waals surface area contributed by atoms with Crippen LogP contribution < -0.4 is 5.32 Å². The third-order valence-corrected chi connectivity index (χ3v) is 6.24. The summed E-state index contributed by atoms with van der Waals surface area (Å²) in [6.07, 6.45) is 4.35. The lowest BCUT2D eigenvalue weighted by Crippen LogP contribution is -2.57. The van der Waals surface area contributed by atoms with E-state index in [1.807, 2.05) is 24.1 Å². The molecule has 3 rings (SSSR count). The number of halogens is 1. The van der Waals surface area contributed by atoms with Crippen molar-refractivity contribution in [2.45, 2.75) is 38.6 Å². The van der Waals surface area contributed by atoms with Crippen LogP contribution in [0.5, 0.6) is 0 Å². The summed E-state index contributed by atoms with van der Waals surface area (Å²) >= 11 is 5.94. The molecule has 1 amide bonds. The number of rotatable bonds is 6. The van der Waals surface area contributed by atoms with Crippen molar-refractivity contribution in [3.8, 4) is 0 Å². The van der Waals surface area contributed by atoms with Crippen molar-refractivity contribution in [2.24, 2.45) is 4.99 Å². The first-order valence-corrected chi connectivity index (χ1v) is 11.2. The Morgan fingerprint density at radius 1 is 1.07 bits per heavy atom.